The number of pyridine rings is 6. The standard InChI is InChI=1S/C22H18N2O2.C21H18N2O2.C21H18N2O.C20H18N2O.C19H17N5/c25-22(26)14-7-5-13(6-8-14)21-16-4-2-1-3-15(16)20-17-11-12-23-18(17)9-10-19(20)24-21;24-13-9-12(10-14(25)11-13)21-16-4-2-1-3-15(16)20-17-7-8-22-18(17)5-6-19(20)23-21;24-14-7-5-13(6-8-14)21-16-4-2-1-3-15(16)20-17-11-12-22-18(17)9-10-19(20)23-21;1-3-15-12(2)20(13-4-6-14(23)7-5-13)22-18-9-8-17-16(19(15)18)10-11-21-17;20-17-8-5-11(9-21-17)19-13-4-2-1-3-12(13)18-14-10-22-24-15(14)6-7-16(18)23-19/h5-12,24H,1-4H2,(H,25,26);5-11,23-25H,1-4H2;5-12,23-24H,1-4H2;4-11,22-23H,3H2,1-2H3;5-10H,1-4H2,(H2,20,21)(H,22,24). The number of aryl methyl sites for hydroxylation is 5. The van der Waals surface area contributed by atoms with Gasteiger partial charge in [-0.3, -0.25) is 25.0 Å². The number of hydrogen-bond donors (Lipinski definition) is 11. The van der Waals surface area contributed by atoms with E-state index in [0.717, 1.165) is 164 Å². The summed E-state index contributed by atoms with van der Waals surface area (Å²) < 4.78 is 0. The van der Waals surface area contributed by atoms with Gasteiger partial charge in [0.05, 0.1) is 50.6 Å². The predicted molar refractivity (Wildman–Crippen MR) is 489 cm³/mol. The van der Waals surface area contributed by atoms with Crippen LogP contribution in [0.15, 0.2) is 225 Å². The minimum atomic E-state index is -0.896. The highest BCUT2D eigenvalue weighted by Gasteiger charge is 2.27. The molecule has 602 valence electrons. The van der Waals surface area contributed by atoms with Gasteiger partial charge >= 0.3 is 5.97 Å². The molecule has 24 rings (SSSR count). The average Bonchev–Trinajstić information content (AvgIpc) is 1.34. The van der Waals surface area contributed by atoms with E-state index in [4.69, 9.17) is 15.8 Å². The first kappa shape index (κ1) is 76.0. The van der Waals surface area contributed by atoms with Crippen LogP contribution < -0.4 is 5.73 Å². The lowest BCUT2D eigenvalue weighted by atomic mass is 9.85. The Balaban J connectivity index is 0.0000000971. The molecule has 0 radical (unpaired) electrons. The molecule has 11 aromatic heterocycles. The van der Waals surface area contributed by atoms with Crippen molar-refractivity contribution < 1.29 is 30.3 Å². The number of aromatic carboxylic acids is 1. The van der Waals surface area contributed by atoms with E-state index in [0.29, 0.717) is 17.1 Å². The third-order valence-electron chi connectivity index (χ3n) is 25.3. The Labute approximate surface area is 701 Å². The minimum Gasteiger partial charge on any atom is -0.508 e. The monoisotopic (exact) mass is 1600 g/mol. The normalized spacial score (nSPS) is 13.6. The fourth-order valence-corrected chi connectivity index (χ4v) is 19.7. The summed E-state index contributed by atoms with van der Waals surface area (Å²) in [7, 11) is 0. The van der Waals surface area contributed by atoms with E-state index in [-0.39, 0.29) is 17.2 Å². The van der Waals surface area contributed by atoms with Gasteiger partial charge in [-0.2, -0.15) is 5.10 Å². The van der Waals surface area contributed by atoms with Crippen LogP contribution in [0.3, 0.4) is 0 Å². The number of nitrogen functional groups attached to an aromatic ring is 1. The highest BCUT2D eigenvalue weighted by atomic mass is 16.4. The SMILES string of the molecule is CCc1c(C)c(-c2ccc(O)cc2)[nH]c2ccc3nccc3c12.Nc1ccc(-c2nc3ccc4[nH]ncc4c3c3c2CCCC3)cn1.O=C(O)c1ccc(-c2[nH]c3ccc4nccc4c3c3c2CCCC3)cc1.Oc1cc(O)cc(-c2[nH]c3ccc4nccc4c3c3c2CCCC3)c1.Oc1ccc(-c2[nH]c3ccc4nccc4c3c3c2CCCC3)cc1. The van der Waals surface area contributed by atoms with Crippen molar-refractivity contribution in [2.75, 3.05) is 5.73 Å². The number of carboxylic acids is 1. The topological polar surface area (TPSA) is 313 Å². The number of nitrogens with two attached hydrogens (primary N) is 1. The predicted octanol–water partition coefficient (Wildman–Crippen LogP) is 23.2. The molecule has 4 aliphatic carbocycles. The van der Waals surface area contributed by atoms with Crippen molar-refractivity contribution in [2.45, 2.75) is 123 Å². The first-order valence-electron chi connectivity index (χ1n) is 42.3. The van der Waals surface area contributed by atoms with Gasteiger partial charge in [-0.1, -0.05) is 19.1 Å². The van der Waals surface area contributed by atoms with E-state index in [2.05, 4.69) is 148 Å². The minimum absolute atomic E-state index is 0.0729. The Bertz CT molecular complexity index is 7290. The number of rotatable bonds is 7. The quantitative estimate of drug-likeness (QED) is 0.0707. The Kier molecular flexibility index (Phi) is 19.8. The molecule has 20 aromatic rings. The number of hydrogen-bond acceptors (Lipinski definition) is 13. The highest BCUT2D eigenvalue weighted by molar-refractivity contribution is 6.13. The Morgan fingerprint density at radius 3 is 1.17 bits per heavy atom. The van der Waals surface area contributed by atoms with Crippen LogP contribution in [-0.2, 0) is 57.8 Å². The van der Waals surface area contributed by atoms with E-state index < -0.39 is 5.97 Å². The Morgan fingerprint density at radius 1 is 0.352 bits per heavy atom. The second kappa shape index (κ2) is 31.9. The number of fused-ring (bicyclic) bond motifs is 23. The van der Waals surface area contributed by atoms with Gasteiger partial charge in [0.2, 0.25) is 0 Å². The number of carbonyl (C=O) groups is 1. The third-order valence-corrected chi connectivity index (χ3v) is 25.3. The highest BCUT2D eigenvalue weighted by Crippen LogP contribution is 2.45. The lowest BCUT2D eigenvalue weighted by Crippen LogP contribution is -2.08. The average molecular weight is 1600 g/mol. The van der Waals surface area contributed by atoms with Crippen molar-refractivity contribution in [2.24, 2.45) is 0 Å². The maximum atomic E-state index is 11.1. The fourth-order valence-electron chi connectivity index (χ4n) is 19.7. The number of nitrogens with one attached hydrogen (secondary N) is 5. The van der Waals surface area contributed by atoms with E-state index in [9.17, 15) is 25.2 Å². The zero-order chi connectivity index (χ0) is 82.8. The summed E-state index contributed by atoms with van der Waals surface area (Å²) in [6, 6.07) is 59.8. The van der Waals surface area contributed by atoms with Gasteiger partial charge in [0.1, 0.15) is 28.8 Å². The number of anilines is 1. The molecule has 11 heterocycles. The molecule has 0 bridgehead atoms. The van der Waals surface area contributed by atoms with Gasteiger partial charge in [-0.25, -0.2) is 14.8 Å². The van der Waals surface area contributed by atoms with Crippen molar-refractivity contribution in [1.82, 2.24) is 60.0 Å². The van der Waals surface area contributed by atoms with Gasteiger partial charge in [-0.05, 0) is 358 Å². The second-order valence-corrected chi connectivity index (χ2v) is 32.5. The number of aromatic nitrogens is 12. The molecule has 0 unspecified atom stereocenters. The second-order valence-electron chi connectivity index (χ2n) is 32.5. The summed E-state index contributed by atoms with van der Waals surface area (Å²) in [5.41, 5.74) is 41.1. The van der Waals surface area contributed by atoms with Gasteiger partial charge in [0.15, 0.2) is 0 Å². The molecule has 4 aliphatic rings. The first-order chi connectivity index (χ1) is 59.7. The van der Waals surface area contributed by atoms with Crippen molar-refractivity contribution >= 4 is 121 Å². The molecule has 0 atom stereocenters. The van der Waals surface area contributed by atoms with Gasteiger partial charge < -0.3 is 51.2 Å². The smallest absolute Gasteiger partial charge is 0.335 e. The van der Waals surface area contributed by atoms with E-state index in [1.165, 1.54) is 172 Å². The molecule has 12 N–H and O–H groups in total. The van der Waals surface area contributed by atoms with Crippen molar-refractivity contribution in [3.8, 4) is 79.3 Å². The van der Waals surface area contributed by atoms with E-state index in [1.807, 2.05) is 91.8 Å². The van der Waals surface area contributed by atoms with Crippen LogP contribution in [0.2, 0.25) is 0 Å². The van der Waals surface area contributed by atoms with Crippen LogP contribution in [-0.4, -0.2) is 91.5 Å². The van der Waals surface area contributed by atoms with Crippen LogP contribution >= 0.6 is 0 Å². The van der Waals surface area contributed by atoms with Crippen LogP contribution in [0.4, 0.5) is 5.82 Å². The van der Waals surface area contributed by atoms with Crippen LogP contribution in [0.5, 0.6) is 23.0 Å². The maximum absolute atomic E-state index is 11.1. The van der Waals surface area contributed by atoms with Gasteiger partial charge in [-0.15, -0.1) is 0 Å². The number of aromatic amines is 5. The number of aromatic hydroxyl groups is 4. The number of phenolic OH excluding ortho intramolecular Hbond substituents is 4. The maximum Gasteiger partial charge on any atom is 0.335 e. The molecule has 0 spiro atoms. The van der Waals surface area contributed by atoms with Gasteiger partial charge in [0.25, 0.3) is 0 Å². The lowest BCUT2D eigenvalue weighted by Gasteiger charge is -2.23. The third kappa shape index (κ3) is 14.0. The Morgan fingerprint density at radius 2 is 0.730 bits per heavy atom. The summed E-state index contributed by atoms with van der Waals surface area (Å²) in [6.45, 7) is 4.35. The number of H-pyrrole nitrogens is 5. The summed E-state index contributed by atoms with van der Waals surface area (Å²) >= 11 is 0. The Hall–Kier alpha value is -14.7. The van der Waals surface area contributed by atoms with Crippen molar-refractivity contribution in [3.05, 3.63) is 286 Å². The van der Waals surface area contributed by atoms with E-state index in [1.54, 1.807) is 48.5 Å². The largest absolute Gasteiger partial charge is 0.508 e. The number of nitrogens with zero attached hydrogens (tertiary/aromatic N) is 7. The molecule has 0 amide bonds. The summed E-state index contributed by atoms with van der Waals surface area (Å²) in [5, 5.41) is 67.8. The number of phenols is 4. The summed E-state index contributed by atoms with van der Waals surface area (Å²) in [5.74, 6) is 0.374. The van der Waals surface area contributed by atoms with Crippen LogP contribution in [0.1, 0.15) is 124 Å². The molecule has 0 saturated heterocycles. The molecule has 0 aliphatic heterocycles. The van der Waals surface area contributed by atoms with Crippen LogP contribution in [0, 0.1) is 6.92 Å². The zero-order valence-electron chi connectivity index (χ0n) is 67.7. The molecule has 122 heavy (non-hydrogen) atoms. The lowest BCUT2D eigenvalue weighted by molar-refractivity contribution is 0.0696. The zero-order valence-corrected chi connectivity index (χ0v) is 67.7. The number of benzene rings is 9. The van der Waals surface area contributed by atoms with Gasteiger partial charge in [0, 0.05) is 147 Å². The molecular formula is C103H89N13O6. The summed E-state index contributed by atoms with van der Waals surface area (Å²) in [4.78, 5) is 52.6. The van der Waals surface area contributed by atoms with Crippen LogP contribution in [0.25, 0.3) is 165 Å². The van der Waals surface area contributed by atoms with Crippen molar-refractivity contribution in [3.63, 3.8) is 0 Å². The molecule has 19 heteroatoms. The molecule has 0 saturated carbocycles. The number of carboxylic acid groups (broad SMARTS) is 1. The van der Waals surface area contributed by atoms with E-state index >= 15 is 0 Å². The first-order valence-corrected chi connectivity index (χ1v) is 42.3. The van der Waals surface area contributed by atoms with Crippen molar-refractivity contribution in [1.29, 1.82) is 0 Å². The molecular weight excluding hydrogens is 1520 g/mol. The fraction of sp³-hybridized carbons (Fsp3) is 0.184. The molecule has 9 aromatic carbocycles. The molecule has 0 fully saturated rings. The summed E-state index contributed by atoms with van der Waals surface area (Å²) in [6.07, 6.45) is 30.4. The molecule has 19 nitrogen and oxygen atoms in total.